The molecule has 19 heavy (non-hydrogen) atoms. The number of aryl methyl sites for hydroxylation is 1. The van der Waals surface area contributed by atoms with Gasteiger partial charge in [-0.1, -0.05) is 17.7 Å². The number of hydrogen-bond acceptors (Lipinski definition) is 3. The van der Waals surface area contributed by atoms with Crippen LogP contribution < -0.4 is 10.5 Å². The lowest BCUT2D eigenvalue weighted by atomic mass is 10.1. The van der Waals surface area contributed by atoms with Crippen molar-refractivity contribution in [2.75, 3.05) is 0 Å². The summed E-state index contributed by atoms with van der Waals surface area (Å²) in [6.07, 6.45) is 3.70. The van der Waals surface area contributed by atoms with E-state index in [4.69, 9.17) is 22.1 Å². The van der Waals surface area contributed by atoms with Crippen molar-refractivity contribution in [1.29, 1.82) is 0 Å². The number of nitrogens with two attached hydrogens (primary N) is 1. The van der Waals surface area contributed by atoms with Gasteiger partial charge in [0.1, 0.15) is 18.2 Å². The summed E-state index contributed by atoms with van der Waals surface area (Å²) in [5, 5.41) is 0.574. The Morgan fingerprint density at radius 1 is 1.47 bits per heavy atom. The molecule has 2 N–H and O–H groups in total. The van der Waals surface area contributed by atoms with Crippen molar-refractivity contribution in [2.45, 2.75) is 33.0 Å². The SMILES string of the molecule is CCn1ccnc1COc1ccc([C@@H](C)N)cc1Cl. The summed E-state index contributed by atoms with van der Waals surface area (Å²) in [4.78, 5) is 4.25. The van der Waals surface area contributed by atoms with Crippen LogP contribution in [0.3, 0.4) is 0 Å². The quantitative estimate of drug-likeness (QED) is 0.915. The van der Waals surface area contributed by atoms with Crippen molar-refractivity contribution in [3.8, 4) is 5.75 Å². The molecule has 1 aromatic heterocycles. The highest BCUT2D eigenvalue weighted by Crippen LogP contribution is 2.27. The van der Waals surface area contributed by atoms with Crippen LogP contribution in [-0.2, 0) is 13.2 Å². The molecular formula is C14H18ClN3O. The van der Waals surface area contributed by atoms with E-state index in [9.17, 15) is 0 Å². The minimum absolute atomic E-state index is 0.0365. The second-order valence-electron chi connectivity index (χ2n) is 4.40. The molecule has 102 valence electrons. The Bertz CT molecular complexity index is 551. The fraction of sp³-hybridized carbons (Fsp3) is 0.357. The van der Waals surface area contributed by atoms with Gasteiger partial charge in [-0.05, 0) is 31.5 Å². The maximum atomic E-state index is 6.18. The van der Waals surface area contributed by atoms with Gasteiger partial charge < -0.3 is 15.0 Å². The Labute approximate surface area is 118 Å². The van der Waals surface area contributed by atoms with E-state index in [1.807, 2.05) is 35.9 Å². The van der Waals surface area contributed by atoms with Gasteiger partial charge in [0.05, 0.1) is 5.02 Å². The van der Waals surface area contributed by atoms with Gasteiger partial charge in [0.25, 0.3) is 0 Å². The first-order valence-corrected chi connectivity index (χ1v) is 6.67. The van der Waals surface area contributed by atoms with Crippen LogP contribution in [0.1, 0.15) is 31.3 Å². The fourth-order valence-corrected chi connectivity index (χ4v) is 2.07. The fourth-order valence-electron chi connectivity index (χ4n) is 1.83. The highest BCUT2D eigenvalue weighted by Gasteiger charge is 2.08. The average Bonchev–Trinajstić information content (AvgIpc) is 2.84. The third-order valence-corrected chi connectivity index (χ3v) is 3.28. The number of benzene rings is 1. The van der Waals surface area contributed by atoms with Crippen LogP contribution in [0.15, 0.2) is 30.6 Å². The molecule has 5 heteroatoms. The first-order valence-electron chi connectivity index (χ1n) is 6.29. The third-order valence-electron chi connectivity index (χ3n) is 2.98. The van der Waals surface area contributed by atoms with Gasteiger partial charge in [0, 0.05) is 25.0 Å². The largest absolute Gasteiger partial charge is 0.484 e. The highest BCUT2D eigenvalue weighted by molar-refractivity contribution is 6.32. The van der Waals surface area contributed by atoms with Crippen molar-refractivity contribution in [3.05, 3.63) is 47.0 Å². The molecule has 0 spiro atoms. The first-order chi connectivity index (χ1) is 9.11. The van der Waals surface area contributed by atoms with Gasteiger partial charge in [0.15, 0.2) is 0 Å². The second-order valence-corrected chi connectivity index (χ2v) is 4.80. The molecule has 0 aliphatic rings. The summed E-state index contributed by atoms with van der Waals surface area (Å²) in [5.74, 6) is 1.53. The van der Waals surface area contributed by atoms with Crippen molar-refractivity contribution < 1.29 is 4.74 Å². The van der Waals surface area contributed by atoms with Crippen LogP contribution in [-0.4, -0.2) is 9.55 Å². The maximum Gasteiger partial charge on any atom is 0.146 e. The number of rotatable bonds is 5. The lowest BCUT2D eigenvalue weighted by Gasteiger charge is -2.11. The van der Waals surface area contributed by atoms with Crippen molar-refractivity contribution >= 4 is 11.6 Å². The van der Waals surface area contributed by atoms with Crippen molar-refractivity contribution in [3.63, 3.8) is 0 Å². The number of ether oxygens (including phenoxy) is 1. The second kappa shape index (κ2) is 6.08. The molecule has 0 bridgehead atoms. The number of nitrogens with zero attached hydrogens (tertiary/aromatic N) is 2. The Balaban J connectivity index is 2.08. The number of aromatic nitrogens is 2. The summed E-state index contributed by atoms with van der Waals surface area (Å²) >= 11 is 6.18. The third kappa shape index (κ3) is 3.28. The molecule has 1 atom stereocenters. The molecule has 2 aromatic rings. The minimum Gasteiger partial charge on any atom is -0.484 e. The highest BCUT2D eigenvalue weighted by atomic mass is 35.5. The van der Waals surface area contributed by atoms with Crippen LogP contribution >= 0.6 is 11.6 Å². The van der Waals surface area contributed by atoms with E-state index < -0.39 is 0 Å². The normalized spacial score (nSPS) is 12.4. The number of hydrogen-bond donors (Lipinski definition) is 1. The molecule has 0 saturated heterocycles. The summed E-state index contributed by atoms with van der Waals surface area (Å²) in [6.45, 7) is 5.26. The van der Waals surface area contributed by atoms with Crippen LogP contribution in [0.25, 0.3) is 0 Å². The van der Waals surface area contributed by atoms with E-state index in [-0.39, 0.29) is 6.04 Å². The zero-order chi connectivity index (χ0) is 13.8. The van der Waals surface area contributed by atoms with Gasteiger partial charge >= 0.3 is 0 Å². The summed E-state index contributed by atoms with van der Waals surface area (Å²) < 4.78 is 7.73. The van der Waals surface area contributed by atoms with Crippen LogP contribution in [0.5, 0.6) is 5.75 Å². The van der Waals surface area contributed by atoms with Crippen LogP contribution in [0.2, 0.25) is 5.02 Å². The van der Waals surface area contributed by atoms with Gasteiger partial charge in [-0.25, -0.2) is 4.98 Å². The molecular weight excluding hydrogens is 262 g/mol. The molecule has 4 nitrogen and oxygen atoms in total. The van der Waals surface area contributed by atoms with Crippen LogP contribution in [0, 0.1) is 0 Å². The predicted octanol–water partition coefficient (Wildman–Crippen LogP) is 3.16. The molecule has 1 heterocycles. The average molecular weight is 280 g/mol. The summed E-state index contributed by atoms with van der Waals surface area (Å²) in [5.41, 5.74) is 6.80. The predicted molar refractivity (Wildman–Crippen MR) is 76.3 cm³/mol. The zero-order valence-corrected chi connectivity index (χ0v) is 11.9. The lowest BCUT2D eigenvalue weighted by Crippen LogP contribution is -2.07. The Hall–Kier alpha value is -1.52. The molecule has 0 amide bonds. The zero-order valence-electron chi connectivity index (χ0n) is 11.1. The molecule has 0 fully saturated rings. The first kappa shape index (κ1) is 13.9. The maximum absolute atomic E-state index is 6.18. The summed E-state index contributed by atoms with van der Waals surface area (Å²) in [7, 11) is 0. The monoisotopic (exact) mass is 279 g/mol. The Morgan fingerprint density at radius 2 is 2.26 bits per heavy atom. The molecule has 0 aliphatic carbocycles. The Morgan fingerprint density at radius 3 is 2.89 bits per heavy atom. The number of halogens is 1. The summed E-state index contributed by atoms with van der Waals surface area (Å²) in [6, 6.07) is 5.58. The van der Waals surface area contributed by atoms with Gasteiger partial charge in [-0.2, -0.15) is 0 Å². The lowest BCUT2D eigenvalue weighted by molar-refractivity contribution is 0.290. The topological polar surface area (TPSA) is 53.1 Å². The van der Waals surface area contributed by atoms with E-state index in [0.29, 0.717) is 17.4 Å². The van der Waals surface area contributed by atoms with Gasteiger partial charge in [0.2, 0.25) is 0 Å². The van der Waals surface area contributed by atoms with E-state index in [1.165, 1.54) is 0 Å². The smallest absolute Gasteiger partial charge is 0.146 e. The van der Waals surface area contributed by atoms with E-state index >= 15 is 0 Å². The molecule has 1 aromatic carbocycles. The minimum atomic E-state index is -0.0365. The molecule has 0 aliphatic heterocycles. The number of imidazole rings is 1. The van der Waals surface area contributed by atoms with E-state index in [2.05, 4.69) is 11.9 Å². The molecule has 2 rings (SSSR count). The van der Waals surface area contributed by atoms with Crippen molar-refractivity contribution in [2.24, 2.45) is 5.73 Å². The van der Waals surface area contributed by atoms with E-state index in [1.54, 1.807) is 6.20 Å². The molecule has 0 saturated carbocycles. The molecule has 0 radical (unpaired) electrons. The van der Waals surface area contributed by atoms with E-state index in [0.717, 1.165) is 17.9 Å². The Kier molecular flexibility index (Phi) is 4.45. The molecule has 0 unspecified atom stereocenters. The van der Waals surface area contributed by atoms with Crippen LogP contribution in [0.4, 0.5) is 0 Å². The van der Waals surface area contributed by atoms with Crippen molar-refractivity contribution in [1.82, 2.24) is 9.55 Å². The standard InChI is InChI=1S/C14H18ClN3O/c1-3-18-7-6-17-14(18)9-19-13-5-4-11(10(2)16)8-12(13)15/h4-8,10H,3,9,16H2,1-2H3/t10-/m1/s1. The van der Waals surface area contributed by atoms with Gasteiger partial charge in [-0.3, -0.25) is 0 Å². The van der Waals surface area contributed by atoms with Gasteiger partial charge in [-0.15, -0.1) is 0 Å².